The van der Waals surface area contributed by atoms with Crippen LogP contribution >= 0.6 is 22.6 Å². The molecule has 1 aliphatic carbocycles. The zero-order valence-corrected chi connectivity index (χ0v) is 17.3. The Balaban J connectivity index is 1.35. The van der Waals surface area contributed by atoms with E-state index in [1.165, 1.54) is 51.2 Å². The van der Waals surface area contributed by atoms with Gasteiger partial charge in [0, 0.05) is 9.61 Å². The first-order valence-electron chi connectivity index (χ1n) is 9.75. The molecule has 2 atom stereocenters. The number of fused-ring (bicyclic) bond motifs is 1. The van der Waals surface area contributed by atoms with E-state index in [1.54, 1.807) is 0 Å². The van der Waals surface area contributed by atoms with Gasteiger partial charge in [0.2, 0.25) is 0 Å². The Hall–Kier alpha value is -1.39. The molecule has 0 spiro atoms. The minimum absolute atomic E-state index is 0.656. The van der Waals surface area contributed by atoms with Gasteiger partial charge >= 0.3 is 0 Å². The number of hydrogen-bond donors (Lipinski definition) is 1. The molecule has 3 aromatic carbocycles. The Morgan fingerprint density at radius 2 is 1.69 bits per heavy atom. The third kappa shape index (κ3) is 4.29. The fraction of sp³-hybridized carbons (Fsp3) is 0.333. The van der Waals surface area contributed by atoms with Gasteiger partial charge in [-0.05, 0) is 94.8 Å². The van der Waals surface area contributed by atoms with Gasteiger partial charge in [0.15, 0.2) is 0 Å². The third-order valence-corrected chi connectivity index (χ3v) is 6.44. The average molecular weight is 455 g/mol. The molecule has 0 aromatic heterocycles. The Morgan fingerprint density at radius 1 is 0.885 bits per heavy atom. The lowest BCUT2D eigenvalue weighted by Crippen LogP contribution is -2.34. The van der Waals surface area contributed by atoms with Crippen molar-refractivity contribution in [3.63, 3.8) is 0 Å². The van der Waals surface area contributed by atoms with E-state index in [4.69, 9.17) is 0 Å². The Morgan fingerprint density at radius 3 is 2.58 bits per heavy atom. The molecule has 1 nitrogen and oxygen atoms in total. The van der Waals surface area contributed by atoms with Crippen molar-refractivity contribution >= 4 is 33.4 Å². The van der Waals surface area contributed by atoms with Gasteiger partial charge in [0.25, 0.3) is 0 Å². The summed E-state index contributed by atoms with van der Waals surface area (Å²) in [6.07, 6.45) is 6.36. The van der Waals surface area contributed by atoms with Crippen molar-refractivity contribution in [2.24, 2.45) is 0 Å². The summed E-state index contributed by atoms with van der Waals surface area (Å²) in [5.74, 6) is 0.718. The van der Waals surface area contributed by atoms with Gasteiger partial charge in [-0.25, -0.2) is 0 Å². The predicted octanol–water partition coefficient (Wildman–Crippen LogP) is 6.30. The summed E-state index contributed by atoms with van der Waals surface area (Å²) in [7, 11) is 0. The standard InChI is InChI=1S/C24H26IN/c25-22-13-11-18(12-14-22)21-8-4-9-23(17-21)26-16-15-20-7-3-6-19-5-1-2-10-24(19)20/h1-3,5-7,10-14,21,23,26H,4,8-9,15-17H2. The molecule has 0 amide bonds. The molecular weight excluding hydrogens is 429 g/mol. The average Bonchev–Trinajstić information content (AvgIpc) is 2.69. The highest BCUT2D eigenvalue weighted by Crippen LogP contribution is 2.33. The first-order valence-corrected chi connectivity index (χ1v) is 10.8. The molecular formula is C24H26IN. The van der Waals surface area contributed by atoms with E-state index in [1.807, 2.05) is 0 Å². The normalized spacial score (nSPS) is 20.3. The van der Waals surface area contributed by atoms with E-state index in [2.05, 4.69) is 94.6 Å². The van der Waals surface area contributed by atoms with E-state index >= 15 is 0 Å². The molecule has 1 saturated carbocycles. The molecule has 1 fully saturated rings. The van der Waals surface area contributed by atoms with Crippen molar-refractivity contribution < 1.29 is 0 Å². The van der Waals surface area contributed by atoms with Crippen molar-refractivity contribution in [1.82, 2.24) is 5.32 Å². The fourth-order valence-corrected chi connectivity index (χ4v) is 4.69. The molecule has 0 saturated heterocycles. The van der Waals surface area contributed by atoms with E-state index in [9.17, 15) is 0 Å². The number of nitrogens with one attached hydrogen (secondary N) is 1. The summed E-state index contributed by atoms with van der Waals surface area (Å²) >= 11 is 2.39. The highest BCUT2D eigenvalue weighted by molar-refractivity contribution is 14.1. The quantitative estimate of drug-likeness (QED) is 0.445. The summed E-state index contributed by atoms with van der Waals surface area (Å²) in [4.78, 5) is 0. The maximum absolute atomic E-state index is 3.84. The SMILES string of the molecule is Ic1ccc(C2CCCC(NCCc3cccc4ccccc34)C2)cc1. The van der Waals surface area contributed by atoms with E-state index in [0.717, 1.165) is 18.9 Å². The molecule has 0 heterocycles. The van der Waals surface area contributed by atoms with Gasteiger partial charge in [-0.3, -0.25) is 0 Å². The molecule has 2 unspecified atom stereocenters. The fourth-order valence-electron chi connectivity index (χ4n) is 4.33. The van der Waals surface area contributed by atoms with Crippen LogP contribution in [0.5, 0.6) is 0 Å². The summed E-state index contributed by atoms with van der Waals surface area (Å²) in [6, 6.07) is 25.2. The molecule has 0 aliphatic heterocycles. The van der Waals surface area contributed by atoms with Crippen LogP contribution in [0.25, 0.3) is 10.8 Å². The smallest absolute Gasteiger partial charge is 0.0130 e. The van der Waals surface area contributed by atoms with Crippen LogP contribution in [0, 0.1) is 3.57 Å². The van der Waals surface area contributed by atoms with Crippen LogP contribution < -0.4 is 5.32 Å². The zero-order chi connectivity index (χ0) is 17.8. The Bertz CT molecular complexity index is 850. The van der Waals surface area contributed by atoms with Crippen molar-refractivity contribution in [2.75, 3.05) is 6.54 Å². The molecule has 134 valence electrons. The van der Waals surface area contributed by atoms with Crippen molar-refractivity contribution in [1.29, 1.82) is 0 Å². The van der Waals surface area contributed by atoms with E-state index in [-0.39, 0.29) is 0 Å². The second-order valence-electron chi connectivity index (χ2n) is 7.45. The van der Waals surface area contributed by atoms with Crippen LogP contribution in [-0.2, 0) is 6.42 Å². The predicted molar refractivity (Wildman–Crippen MR) is 120 cm³/mol. The van der Waals surface area contributed by atoms with Crippen LogP contribution in [-0.4, -0.2) is 12.6 Å². The first-order chi connectivity index (χ1) is 12.8. The van der Waals surface area contributed by atoms with Crippen LogP contribution in [0.2, 0.25) is 0 Å². The maximum atomic E-state index is 3.84. The van der Waals surface area contributed by atoms with Crippen molar-refractivity contribution in [3.8, 4) is 0 Å². The van der Waals surface area contributed by atoms with Crippen LogP contribution in [0.4, 0.5) is 0 Å². The summed E-state index contributed by atoms with van der Waals surface area (Å²) in [6.45, 7) is 1.07. The molecule has 1 aliphatic rings. The Kier molecular flexibility index (Phi) is 5.91. The largest absolute Gasteiger partial charge is 0.314 e. The topological polar surface area (TPSA) is 12.0 Å². The van der Waals surface area contributed by atoms with Crippen molar-refractivity contribution in [2.45, 2.75) is 44.1 Å². The molecule has 4 rings (SSSR count). The summed E-state index contributed by atoms with van der Waals surface area (Å²) < 4.78 is 1.33. The van der Waals surface area contributed by atoms with Gasteiger partial charge in [-0.1, -0.05) is 61.0 Å². The number of halogens is 1. The minimum Gasteiger partial charge on any atom is -0.314 e. The summed E-state index contributed by atoms with van der Waals surface area (Å²) in [5.41, 5.74) is 2.98. The Labute approximate surface area is 170 Å². The van der Waals surface area contributed by atoms with Crippen LogP contribution in [0.3, 0.4) is 0 Å². The van der Waals surface area contributed by atoms with Gasteiger partial charge in [-0.2, -0.15) is 0 Å². The lowest BCUT2D eigenvalue weighted by atomic mass is 9.81. The van der Waals surface area contributed by atoms with Gasteiger partial charge in [-0.15, -0.1) is 0 Å². The molecule has 26 heavy (non-hydrogen) atoms. The van der Waals surface area contributed by atoms with Gasteiger partial charge in [0.1, 0.15) is 0 Å². The first kappa shape index (κ1) is 18.0. The second kappa shape index (κ2) is 8.53. The van der Waals surface area contributed by atoms with Gasteiger partial charge in [0.05, 0.1) is 0 Å². The number of benzene rings is 3. The molecule has 1 N–H and O–H groups in total. The highest BCUT2D eigenvalue weighted by Gasteiger charge is 2.22. The monoisotopic (exact) mass is 455 g/mol. The summed E-state index contributed by atoms with van der Waals surface area (Å²) in [5, 5.41) is 6.59. The number of hydrogen-bond acceptors (Lipinski definition) is 1. The zero-order valence-electron chi connectivity index (χ0n) is 15.1. The molecule has 0 bridgehead atoms. The maximum Gasteiger partial charge on any atom is 0.0130 e. The van der Waals surface area contributed by atoms with Crippen molar-refractivity contribution in [3.05, 3.63) is 81.4 Å². The van der Waals surface area contributed by atoms with Crippen LogP contribution in [0.15, 0.2) is 66.7 Å². The van der Waals surface area contributed by atoms with Crippen LogP contribution in [0.1, 0.15) is 42.7 Å². The molecule has 3 aromatic rings. The minimum atomic E-state index is 0.656. The lowest BCUT2D eigenvalue weighted by Gasteiger charge is -2.30. The lowest BCUT2D eigenvalue weighted by molar-refractivity contribution is 0.341. The molecule has 2 heteroatoms. The second-order valence-corrected chi connectivity index (χ2v) is 8.70. The third-order valence-electron chi connectivity index (χ3n) is 5.72. The van der Waals surface area contributed by atoms with E-state index in [0.29, 0.717) is 6.04 Å². The van der Waals surface area contributed by atoms with Gasteiger partial charge < -0.3 is 5.32 Å². The highest BCUT2D eigenvalue weighted by atomic mass is 127. The number of rotatable bonds is 5. The van der Waals surface area contributed by atoms with E-state index < -0.39 is 0 Å². The molecule has 0 radical (unpaired) electrons.